The molecule has 4 heteroatoms. The minimum Gasteiger partial charge on any atom is -0.466 e. The van der Waals surface area contributed by atoms with Gasteiger partial charge in [0.05, 0.1) is 7.11 Å². The van der Waals surface area contributed by atoms with Crippen molar-refractivity contribution >= 4 is 5.97 Å². The summed E-state index contributed by atoms with van der Waals surface area (Å²) in [5.74, 6) is -0.420. The van der Waals surface area contributed by atoms with Crippen LogP contribution in [-0.4, -0.2) is 44.4 Å². The molecular formula is C10H17NO3. The van der Waals surface area contributed by atoms with Crippen molar-refractivity contribution in [1.29, 1.82) is 0 Å². The number of hydrogen-bond donors (Lipinski definition) is 0. The maximum atomic E-state index is 11.3. The highest BCUT2D eigenvalue weighted by atomic mass is 16.6. The van der Waals surface area contributed by atoms with Crippen LogP contribution in [0, 0.1) is 0 Å². The Morgan fingerprint density at radius 3 is 2.14 bits per heavy atom. The number of methoxy groups -OCH3 is 2. The lowest BCUT2D eigenvalue weighted by atomic mass is 10.4. The molecule has 0 aliphatic heterocycles. The van der Waals surface area contributed by atoms with Crippen molar-refractivity contribution in [2.45, 2.75) is 6.23 Å². The summed E-state index contributed by atoms with van der Waals surface area (Å²) in [6.07, 6.45) is 2.69. The number of hydrogen-bond acceptors (Lipinski definition) is 4. The van der Waals surface area contributed by atoms with Crippen LogP contribution in [0.2, 0.25) is 0 Å². The molecule has 0 aromatic heterocycles. The van der Waals surface area contributed by atoms with Crippen molar-refractivity contribution in [3.63, 3.8) is 0 Å². The lowest BCUT2D eigenvalue weighted by Crippen LogP contribution is -2.43. The van der Waals surface area contributed by atoms with E-state index in [2.05, 4.69) is 17.9 Å². The molecule has 0 aromatic rings. The van der Waals surface area contributed by atoms with Gasteiger partial charge >= 0.3 is 5.97 Å². The Morgan fingerprint density at radius 1 is 1.36 bits per heavy atom. The summed E-state index contributed by atoms with van der Waals surface area (Å²) < 4.78 is 9.63. The Morgan fingerprint density at radius 2 is 1.86 bits per heavy atom. The molecule has 0 N–H and O–H groups in total. The van der Waals surface area contributed by atoms with E-state index >= 15 is 0 Å². The second-order valence-electron chi connectivity index (χ2n) is 2.64. The molecule has 0 saturated carbocycles. The highest BCUT2D eigenvalue weighted by Crippen LogP contribution is 2.03. The predicted molar refractivity (Wildman–Crippen MR) is 54.8 cm³/mol. The first-order valence-corrected chi connectivity index (χ1v) is 4.27. The van der Waals surface area contributed by atoms with Gasteiger partial charge in [-0.05, 0) is 0 Å². The Labute approximate surface area is 84.8 Å². The van der Waals surface area contributed by atoms with Crippen LogP contribution < -0.4 is 0 Å². The molecule has 0 spiro atoms. The fourth-order valence-corrected chi connectivity index (χ4v) is 1.09. The Kier molecular flexibility index (Phi) is 6.70. The number of rotatable bonds is 7. The molecule has 0 rings (SSSR count). The molecule has 14 heavy (non-hydrogen) atoms. The van der Waals surface area contributed by atoms with E-state index in [0.29, 0.717) is 13.1 Å². The number of carbonyl (C=O) groups is 1. The monoisotopic (exact) mass is 199 g/mol. The van der Waals surface area contributed by atoms with E-state index in [1.54, 1.807) is 17.1 Å². The number of ether oxygens (including phenoxy) is 2. The topological polar surface area (TPSA) is 38.8 Å². The van der Waals surface area contributed by atoms with Gasteiger partial charge in [0.15, 0.2) is 0 Å². The first-order chi connectivity index (χ1) is 6.71. The van der Waals surface area contributed by atoms with Gasteiger partial charge < -0.3 is 9.47 Å². The van der Waals surface area contributed by atoms with Crippen molar-refractivity contribution < 1.29 is 14.3 Å². The van der Waals surface area contributed by atoms with Gasteiger partial charge in [-0.2, -0.15) is 0 Å². The van der Waals surface area contributed by atoms with E-state index in [1.807, 2.05) is 0 Å². The normalized spacial score (nSPS) is 12.2. The third-order valence-corrected chi connectivity index (χ3v) is 1.68. The van der Waals surface area contributed by atoms with Gasteiger partial charge in [-0.25, -0.2) is 4.79 Å². The van der Waals surface area contributed by atoms with Gasteiger partial charge in [-0.15, -0.1) is 13.2 Å². The van der Waals surface area contributed by atoms with E-state index in [-0.39, 0.29) is 0 Å². The van der Waals surface area contributed by atoms with Gasteiger partial charge in [0.2, 0.25) is 6.23 Å². The molecule has 0 aromatic carbocycles. The van der Waals surface area contributed by atoms with E-state index in [0.717, 1.165) is 0 Å². The zero-order valence-electron chi connectivity index (χ0n) is 8.73. The summed E-state index contributed by atoms with van der Waals surface area (Å²) in [7, 11) is 2.79. The van der Waals surface area contributed by atoms with Crippen molar-refractivity contribution in [1.82, 2.24) is 4.90 Å². The average molecular weight is 199 g/mol. The molecule has 0 aliphatic rings. The summed E-state index contributed by atoms with van der Waals surface area (Å²) >= 11 is 0. The average Bonchev–Trinajstić information content (AvgIpc) is 2.19. The van der Waals surface area contributed by atoms with Crippen molar-refractivity contribution in [2.75, 3.05) is 27.3 Å². The third kappa shape index (κ3) is 3.72. The number of carbonyl (C=O) groups excluding carboxylic acids is 1. The fourth-order valence-electron chi connectivity index (χ4n) is 1.09. The molecule has 0 radical (unpaired) electrons. The van der Waals surface area contributed by atoms with Crippen LogP contribution in [0.5, 0.6) is 0 Å². The minimum absolute atomic E-state index is 0.420. The van der Waals surface area contributed by atoms with Gasteiger partial charge in [0.25, 0.3) is 0 Å². The predicted octanol–water partition coefficient (Wildman–Crippen LogP) is 0.806. The molecule has 0 fully saturated rings. The van der Waals surface area contributed by atoms with Crippen LogP contribution in [-0.2, 0) is 14.3 Å². The van der Waals surface area contributed by atoms with Crippen LogP contribution in [0.4, 0.5) is 0 Å². The molecular weight excluding hydrogens is 182 g/mol. The van der Waals surface area contributed by atoms with Crippen LogP contribution in [0.25, 0.3) is 0 Å². The largest absolute Gasteiger partial charge is 0.466 e. The highest BCUT2D eigenvalue weighted by molar-refractivity contribution is 5.74. The van der Waals surface area contributed by atoms with Gasteiger partial charge in [0, 0.05) is 20.2 Å². The summed E-state index contributed by atoms with van der Waals surface area (Å²) in [5, 5.41) is 0. The Hall–Kier alpha value is -1.13. The molecule has 0 amide bonds. The van der Waals surface area contributed by atoms with Crippen molar-refractivity contribution in [2.24, 2.45) is 0 Å². The molecule has 4 nitrogen and oxygen atoms in total. The van der Waals surface area contributed by atoms with E-state index in [9.17, 15) is 4.79 Å². The summed E-state index contributed by atoms with van der Waals surface area (Å²) in [6, 6.07) is 0. The lowest BCUT2D eigenvalue weighted by molar-refractivity contribution is -0.163. The van der Waals surface area contributed by atoms with Crippen LogP contribution in [0.15, 0.2) is 25.3 Å². The standard InChI is InChI=1S/C10H17NO3/c1-5-7-11(8-6-2)9(13-3)10(12)14-4/h5-6,9H,1-2,7-8H2,3-4H3. The smallest absolute Gasteiger partial charge is 0.350 e. The molecule has 1 unspecified atom stereocenters. The number of esters is 1. The zero-order valence-corrected chi connectivity index (χ0v) is 8.73. The van der Waals surface area contributed by atoms with Crippen molar-refractivity contribution in [3.05, 3.63) is 25.3 Å². The summed E-state index contributed by atoms with van der Waals surface area (Å²) in [5.41, 5.74) is 0. The summed E-state index contributed by atoms with van der Waals surface area (Å²) in [4.78, 5) is 13.0. The maximum absolute atomic E-state index is 11.3. The van der Waals surface area contributed by atoms with Gasteiger partial charge in [0.1, 0.15) is 0 Å². The quantitative estimate of drug-likeness (QED) is 0.345. The molecule has 80 valence electrons. The van der Waals surface area contributed by atoms with E-state index in [4.69, 9.17) is 4.74 Å². The fraction of sp³-hybridized carbons (Fsp3) is 0.500. The first kappa shape index (κ1) is 12.9. The Balaban J connectivity index is 4.46. The molecule has 0 aliphatic carbocycles. The molecule has 0 heterocycles. The molecule has 0 bridgehead atoms. The second kappa shape index (κ2) is 7.29. The molecule has 0 saturated heterocycles. The first-order valence-electron chi connectivity index (χ1n) is 4.27. The maximum Gasteiger partial charge on any atom is 0.350 e. The zero-order chi connectivity index (χ0) is 11.0. The summed E-state index contributed by atoms with van der Waals surface area (Å²) in [6.45, 7) is 8.28. The third-order valence-electron chi connectivity index (χ3n) is 1.68. The van der Waals surface area contributed by atoms with Crippen LogP contribution >= 0.6 is 0 Å². The van der Waals surface area contributed by atoms with E-state index < -0.39 is 12.2 Å². The van der Waals surface area contributed by atoms with Crippen molar-refractivity contribution in [3.8, 4) is 0 Å². The lowest BCUT2D eigenvalue weighted by Gasteiger charge is -2.25. The van der Waals surface area contributed by atoms with Gasteiger partial charge in [-0.3, -0.25) is 4.90 Å². The molecule has 1 atom stereocenters. The minimum atomic E-state index is -0.698. The highest BCUT2D eigenvalue weighted by Gasteiger charge is 2.24. The second-order valence-corrected chi connectivity index (χ2v) is 2.64. The van der Waals surface area contributed by atoms with Crippen LogP contribution in [0.1, 0.15) is 0 Å². The van der Waals surface area contributed by atoms with Crippen LogP contribution in [0.3, 0.4) is 0 Å². The number of nitrogens with zero attached hydrogens (tertiary/aromatic N) is 1. The Bertz CT molecular complexity index is 194. The van der Waals surface area contributed by atoms with Gasteiger partial charge in [-0.1, -0.05) is 12.2 Å². The SMILES string of the molecule is C=CCN(CC=C)C(OC)C(=O)OC. The van der Waals surface area contributed by atoms with E-state index in [1.165, 1.54) is 14.2 Å².